The number of rotatable bonds is 3. The number of carbonyl (C=O) groups excluding carboxylic acids is 1. The monoisotopic (exact) mass is 351 g/mol. The lowest BCUT2D eigenvalue weighted by Gasteiger charge is -2.33. The zero-order valence-electron chi connectivity index (χ0n) is 14.1. The highest BCUT2D eigenvalue weighted by Crippen LogP contribution is 2.34. The highest BCUT2D eigenvalue weighted by molar-refractivity contribution is 7.09. The predicted molar refractivity (Wildman–Crippen MR) is 90.9 cm³/mol. The van der Waals surface area contributed by atoms with Gasteiger partial charge in [-0.1, -0.05) is 0 Å². The summed E-state index contributed by atoms with van der Waals surface area (Å²) in [5.41, 5.74) is 1.15. The van der Waals surface area contributed by atoms with Crippen molar-refractivity contribution in [1.29, 1.82) is 0 Å². The summed E-state index contributed by atoms with van der Waals surface area (Å²) >= 11 is 1.70. The molecule has 24 heavy (non-hydrogen) atoms. The molecule has 4 rings (SSSR count). The van der Waals surface area contributed by atoms with Crippen LogP contribution in [-0.4, -0.2) is 72.3 Å². The molecule has 0 saturated carbocycles. The molecular weight excluding hydrogens is 326 g/mol. The molecule has 1 aromatic rings. The molecule has 4 heterocycles. The number of hydrogen-bond donors (Lipinski definition) is 0. The van der Waals surface area contributed by atoms with Gasteiger partial charge in [0.15, 0.2) is 0 Å². The molecule has 0 bridgehead atoms. The first-order valence-electron chi connectivity index (χ1n) is 8.84. The molecule has 1 amide bonds. The van der Waals surface area contributed by atoms with E-state index in [-0.39, 0.29) is 18.1 Å². The van der Waals surface area contributed by atoms with Gasteiger partial charge < -0.3 is 14.4 Å². The maximum Gasteiger partial charge on any atom is 0.251 e. The number of aryl methyl sites for hydroxylation is 1. The Morgan fingerprint density at radius 1 is 1.38 bits per heavy atom. The fraction of sp³-hybridized carbons (Fsp3) is 0.765. The number of carbonyl (C=O) groups is 1. The van der Waals surface area contributed by atoms with E-state index in [9.17, 15) is 4.79 Å². The number of morpholine rings is 1. The van der Waals surface area contributed by atoms with Gasteiger partial charge >= 0.3 is 0 Å². The third-order valence-electron chi connectivity index (χ3n) is 5.29. The summed E-state index contributed by atoms with van der Waals surface area (Å²) in [6.07, 6.45) is 1.93. The van der Waals surface area contributed by atoms with E-state index in [2.05, 4.69) is 15.3 Å². The van der Waals surface area contributed by atoms with Gasteiger partial charge in [0.25, 0.3) is 5.91 Å². The Kier molecular flexibility index (Phi) is 4.85. The van der Waals surface area contributed by atoms with E-state index in [1.54, 1.807) is 11.3 Å². The number of fused-ring (bicyclic) bond motifs is 1. The van der Waals surface area contributed by atoms with Crippen LogP contribution in [0.15, 0.2) is 5.38 Å². The Morgan fingerprint density at radius 2 is 2.21 bits per heavy atom. The Morgan fingerprint density at radius 3 is 2.96 bits per heavy atom. The molecule has 0 radical (unpaired) electrons. The zero-order chi connectivity index (χ0) is 16.5. The summed E-state index contributed by atoms with van der Waals surface area (Å²) in [5, 5.41) is 3.26. The van der Waals surface area contributed by atoms with E-state index >= 15 is 0 Å². The maximum absolute atomic E-state index is 12.6. The summed E-state index contributed by atoms with van der Waals surface area (Å²) < 4.78 is 11.5. The van der Waals surface area contributed by atoms with Crippen LogP contribution in [0.3, 0.4) is 0 Å². The molecule has 1 aromatic heterocycles. The van der Waals surface area contributed by atoms with Gasteiger partial charge in [0, 0.05) is 31.6 Å². The Balaban J connectivity index is 1.32. The van der Waals surface area contributed by atoms with Gasteiger partial charge in [-0.2, -0.15) is 0 Å². The summed E-state index contributed by atoms with van der Waals surface area (Å²) in [7, 11) is 0. The van der Waals surface area contributed by atoms with Gasteiger partial charge in [-0.25, -0.2) is 4.98 Å². The molecule has 3 atom stereocenters. The van der Waals surface area contributed by atoms with Crippen LogP contribution in [-0.2, 0) is 20.8 Å². The van der Waals surface area contributed by atoms with Gasteiger partial charge in [0.2, 0.25) is 0 Å². The minimum atomic E-state index is -0.250. The fourth-order valence-electron chi connectivity index (χ4n) is 3.99. The summed E-state index contributed by atoms with van der Waals surface area (Å²) in [6, 6.07) is 0. The van der Waals surface area contributed by atoms with Crippen molar-refractivity contribution in [3.8, 4) is 0 Å². The molecule has 7 heteroatoms. The number of thiazole rings is 1. The van der Waals surface area contributed by atoms with Gasteiger partial charge in [-0.05, 0) is 32.2 Å². The molecule has 0 unspecified atom stereocenters. The third kappa shape index (κ3) is 3.49. The number of ether oxygens (including phenoxy) is 2. The number of hydrogen-bond acceptors (Lipinski definition) is 6. The largest absolute Gasteiger partial charge is 0.378 e. The van der Waals surface area contributed by atoms with E-state index in [1.807, 2.05) is 11.8 Å². The molecule has 0 aromatic carbocycles. The van der Waals surface area contributed by atoms with Gasteiger partial charge in [-0.3, -0.25) is 9.69 Å². The second kappa shape index (κ2) is 7.07. The Bertz CT molecular complexity index is 587. The Labute approximate surface area is 146 Å². The minimum Gasteiger partial charge on any atom is -0.378 e. The average Bonchev–Trinajstić information content (AvgIpc) is 3.20. The molecule has 3 aliphatic heterocycles. The predicted octanol–water partition coefficient (Wildman–Crippen LogP) is 1.29. The van der Waals surface area contributed by atoms with Crippen molar-refractivity contribution in [3.63, 3.8) is 0 Å². The van der Waals surface area contributed by atoms with Crippen LogP contribution in [0, 0.1) is 12.8 Å². The van der Waals surface area contributed by atoms with E-state index in [0.29, 0.717) is 32.2 Å². The van der Waals surface area contributed by atoms with Crippen molar-refractivity contribution in [2.24, 2.45) is 5.92 Å². The molecule has 3 saturated heterocycles. The van der Waals surface area contributed by atoms with Crippen molar-refractivity contribution >= 4 is 17.2 Å². The number of piperidine rings is 1. The zero-order valence-corrected chi connectivity index (χ0v) is 15.0. The number of amides is 1. The van der Waals surface area contributed by atoms with Crippen molar-refractivity contribution in [3.05, 3.63) is 16.1 Å². The normalized spacial score (nSPS) is 31.2. The van der Waals surface area contributed by atoms with E-state index in [1.165, 1.54) is 0 Å². The van der Waals surface area contributed by atoms with Crippen LogP contribution in [0.1, 0.15) is 23.5 Å². The van der Waals surface area contributed by atoms with Crippen molar-refractivity contribution < 1.29 is 14.3 Å². The first-order chi connectivity index (χ1) is 11.7. The highest BCUT2D eigenvalue weighted by Gasteiger charge is 2.43. The molecule has 6 nitrogen and oxygen atoms in total. The van der Waals surface area contributed by atoms with Crippen molar-refractivity contribution in [2.45, 2.75) is 38.5 Å². The number of likely N-dealkylation sites (tertiary alicyclic amines) is 1. The molecule has 3 aliphatic rings. The second-order valence-corrected chi connectivity index (χ2v) is 8.04. The van der Waals surface area contributed by atoms with Gasteiger partial charge in [-0.15, -0.1) is 11.3 Å². The minimum absolute atomic E-state index is 0.161. The summed E-state index contributed by atoms with van der Waals surface area (Å²) in [6.45, 7) is 7.60. The van der Waals surface area contributed by atoms with Gasteiger partial charge in [0.1, 0.15) is 6.10 Å². The fourth-order valence-corrected chi connectivity index (χ4v) is 4.60. The molecule has 132 valence electrons. The van der Waals surface area contributed by atoms with Crippen LogP contribution < -0.4 is 0 Å². The Hall–Kier alpha value is -1.02. The first kappa shape index (κ1) is 16.4. The van der Waals surface area contributed by atoms with Crippen LogP contribution in [0.5, 0.6) is 0 Å². The van der Waals surface area contributed by atoms with E-state index in [0.717, 1.165) is 43.2 Å². The average molecular weight is 351 g/mol. The third-order valence-corrected chi connectivity index (χ3v) is 6.11. The molecule has 0 aliphatic carbocycles. The molecular formula is C17H25N3O3S. The van der Waals surface area contributed by atoms with Gasteiger partial charge in [0.05, 0.1) is 30.0 Å². The second-order valence-electron chi connectivity index (χ2n) is 6.98. The van der Waals surface area contributed by atoms with E-state index < -0.39 is 0 Å². The lowest BCUT2D eigenvalue weighted by Crippen LogP contribution is -2.46. The SMILES string of the molecule is Cc1nc(CN2CC[C@@H]3C[C@@H](C(=O)N4CCOCC4)O[C@H]3C2)cs1. The van der Waals surface area contributed by atoms with Crippen molar-refractivity contribution in [1.82, 2.24) is 14.8 Å². The lowest BCUT2D eigenvalue weighted by atomic mass is 9.91. The van der Waals surface area contributed by atoms with E-state index in [4.69, 9.17) is 9.47 Å². The molecule has 0 spiro atoms. The first-order valence-corrected chi connectivity index (χ1v) is 9.72. The van der Waals surface area contributed by atoms with Crippen LogP contribution in [0.2, 0.25) is 0 Å². The van der Waals surface area contributed by atoms with Crippen LogP contribution in [0.4, 0.5) is 0 Å². The quantitative estimate of drug-likeness (QED) is 0.821. The lowest BCUT2D eigenvalue weighted by molar-refractivity contribution is -0.147. The highest BCUT2D eigenvalue weighted by atomic mass is 32.1. The number of nitrogens with zero attached hydrogens (tertiary/aromatic N) is 3. The maximum atomic E-state index is 12.6. The topological polar surface area (TPSA) is 54.9 Å². The standard InChI is InChI=1S/C17H25N3O3S/c1-12-18-14(11-24-12)9-19-3-2-13-8-15(23-16(13)10-19)17(21)20-4-6-22-7-5-20/h11,13,15-16H,2-10H2,1H3/t13-,15+,16+/m1/s1. The molecule has 3 fully saturated rings. The summed E-state index contributed by atoms with van der Waals surface area (Å²) in [4.78, 5) is 21.5. The molecule has 0 N–H and O–H groups in total. The smallest absolute Gasteiger partial charge is 0.251 e. The number of aromatic nitrogens is 1. The van der Waals surface area contributed by atoms with Crippen LogP contribution >= 0.6 is 11.3 Å². The van der Waals surface area contributed by atoms with Crippen LogP contribution in [0.25, 0.3) is 0 Å². The summed E-state index contributed by atoms with van der Waals surface area (Å²) in [5.74, 6) is 0.683. The van der Waals surface area contributed by atoms with Crippen molar-refractivity contribution in [2.75, 3.05) is 39.4 Å².